The third-order valence-corrected chi connectivity index (χ3v) is 5.36. The average molecular weight is 296 g/mol. The van der Waals surface area contributed by atoms with Crippen LogP contribution in [-0.2, 0) is 5.41 Å². The zero-order valence-corrected chi connectivity index (χ0v) is 14.6. The lowest BCUT2D eigenvalue weighted by molar-refractivity contribution is 0.0783. The Morgan fingerprint density at radius 1 is 1.09 bits per heavy atom. The molecule has 1 aliphatic rings. The van der Waals surface area contributed by atoms with Crippen molar-refractivity contribution < 1.29 is 0 Å². The van der Waals surface area contributed by atoms with Crippen molar-refractivity contribution in [2.45, 2.75) is 58.4 Å². The van der Waals surface area contributed by atoms with E-state index in [0.29, 0.717) is 0 Å². The first kappa shape index (κ1) is 15.5. The topological polar surface area (TPSA) is 16.1 Å². The predicted octanol–water partition coefficient (Wildman–Crippen LogP) is 4.70. The fourth-order valence-electron chi connectivity index (χ4n) is 3.59. The number of hydrogen-bond acceptors (Lipinski definition) is 2. The average Bonchev–Trinajstić information content (AvgIpc) is 2.47. The monoisotopic (exact) mass is 296 g/mol. The number of para-hydroxylation sites is 1. The van der Waals surface area contributed by atoms with Gasteiger partial charge in [0.1, 0.15) is 0 Å². The van der Waals surface area contributed by atoms with Crippen LogP contribution in [-0.4, -0.2) is 28.5 Å². The first-order valence-corrected chi connectivity index (χ1v) is 8.42. The van der Waals surface area contributed by atoms with Gasteiger partial charge >= 0.3 is 0 Å². The van der Waals surface area contributed by atoms with E-state index in [1.165, 1.54) is 29.5 Å². The summed E-state index contributed by atoms with van der Waals surface area (Å²) in [7, 11) is 0. The smallest absolute Gasteiger partial charge is 0.0708 e. The Morgan fingerprint density at radius 3 is 2.36 bits per heavy atom. The number of aromatic nitrogens is 1. The van der Waals surface area contributed by atoms with Crippen molar-refractivity contribution in [1.29, 1.82) is 0 Å². The van der Waals surface area contributed by atoms with Crippen LogP contribution in [0.5, 0.6) is 0 Å². The molecule has 0 bridgehead atoms. The summed E-state index contributed by atoms with van der Waals surface area (Å²) in [4.78, 5) is 7.60. The molecule has 0 unspecified atom stereocenters. The SMILES string of the molecule is Cc1cc(C2(C)CCN(C(C)(C)C)CC2)nc2ccccc12. The van der Waals surface area contributed by atoms with Gasteiger partial charge in [0.05, 0.1) is 5.52 Å². The number of benzene rings is 1. The molecule has 2 heterocycles. The molecule has 3 rings (SSSR count). The van der Waals surface area contributed by atoms with Gasteiger partial charge in [-0.1, -0.05) is 25.1 Å². The van der Waals surface area contributed by atoms with Crippen molar-refractivity contribution in [3.8, 4) is 0 Å². The molecule has 2 heteroatoms. The molecule has 22 heavy (non-hydrogen) atoms. The van der Waals surface area contributed by atoms with Crippen LogP contribution in [0.4, 0.5) is 0 Å². The number of piperidine rings is 1. The van der Waals surface area contributed by atoms with E-state index in [4.69, 9.17) is 4.98 Å². The highest BCUT2D eigenvalue weighted by Gasteiger charge is 2.36. The molecule has 1 aromatic carbocycles. The van der Waals surface area contributed by atoms with E-state index < -0.39 is 0 Å². The number of hydrogen-bond donors (Lipinski definition) is 0. The zero-order valence-electron chi connectivity index (χ0n) is 14.6. The van der Waals surface area contributed by atoms with Crippen LogP contribution in [0.25, 0.3) is 10.9 Å². The van der Waals surface area contributed by atoms with E-state index in [0.717, 1.165) is 18.6 Å². The molecule has 118 valence electrons. The Kier molecular flexibility index (Phi) is 3.76. The van der Waals surface area contributed by atoms with Crippen molar-refractivity contribution in [3.63, 3.8) is 0 Å². The maximum atomic E-state index is 5.00. The Morgan fingerprint density at radius 2 is 1.73 bits per heavy atom. The van der Waals surface area contributed by atoms with Crippen molar-refractivity contribution in [2.24, 2.45) is 0 Å². The molecule has 0 radical (unpaired) electrons. The molecule has 1 fully saturated rings. The lowest BCUT2D eigenvalue weighted by atomic mass is 9.76. The highest BCUT2D eigenvalue weighted by atomic mass is 15.2. The van der Waals surface area contributed by atoms with Crippen LogP contribution in [0.2, 0.25) is 0 Å². The molecular formula is C20H28N2. The maximum absolute atomic E-state index is 5.00. The number of fused-ring (bicyclic) bond motifs is 1. The summed E-state index contributed by atoms with van der Waals surface area (Å²) in [5.74, 6) is 0. The van der Waals surface area contributed by atoms with E-state index in [-0.39, 0.29) is 11.0 Å². The number of likely N-dealkylation sites (tertiary alicyclic amines) is 1. The second kappa shape index (κ2) is 5.34. The minimum atomic E-state index is 0.205. The highest BCUT2D eigenvalue weighted by Crippen LogP contribution is 2.37. The molecule has 0 aliphatic carbocycles. The van der Waals surface area contributed by atoms with Crippen molar-refractivity contribution >= 4 is 10.9 Å². The third kappa shape index (κ3) is 2.77. The highest BCUT2D eigenvalue weighted by molar-refractivity contribution is 5.82. The molecule has 1 saturated heterocycles. The molecule has 0 spiro atoms. The van der Waals surface area contributed by atoms with Crippen LogP contribution in [0, 0.1) is 6.92 Å². The molecule has 0 N–H and O–H groups in total. The van der Waals surface area contributed by atoms with Gasteiger partial charge < -0.3 is 0 Å². The Hall–Kier alpha value is -1.41. The summed E-state index contributed by atoms with van der Waals surface area (Å²) in [6.07, 6.45) is 2.38. The summed E-state index contributed by atoms with van der Waals surface area (Å²) >= 11 is 0. The summed E-state index contributed by atoms with van der Waals surface area (Å²) in [5, 5.41) is 1.28. The second-order valence-electron chi connectivity index (χ2n) is 8.06. The first-order valence-electron chi connectivity index (χ1n) is 8.42. The van der Waals surface area contributed by atoms with Gasteiger partial charge in [-0.2, -0.15) is 0 Å². The second-order valence-corrected chi connectivity index (χ2v) is 8.06. The quantitative estimate of drug-likeness (QED) is 0.758. The van der Waals surface area contributed by atoms with Gasteiger partial charge in [0, 0.05) is 22.0 Å². The van der Waals surface area contributed by atoms with Crippen molar-refractivity contribution in [3.05, 3.63) is 41.6 Å². The first-order chi connectivity index (χ1) is 10.3. The zero-order chi connectivity index (χ0) is 16.0. The summed E-state index contributed by atoms with van der Waals surface area (Å²) in [6.45, 7) is 13.9. The fourth-order valence-corrected chi connectivity index (χ4v) is 3.59. The molecule has 2 aromatic rings. The van der Waals surface area contributed by atoms with E-state index in [2.05, 4.69) is 69.9 Å². The Labute approximate surface area is 134 Å². The fraction of sp³-hybridized carbons (Fsp3) is 0.550. The molecule has 2 nitrogen and oxygen atoms in total. The molecular weight excluding hydrogens is 268 g/mol. The number of aryl methyl sites for hydroxylation is 1. The van der Waals surface area contributed by atoms with Gasteiger partial charge in [0.2, 0.25) is 0 Å². The van der Waals surface area contributed by atoms with Gasteiger partial charge in [0.25, 0.3) is 0 Å². The summed E-state index contributed by atoms with van der Waals surface area (Å²) in [5.41, 5.74) is 4.24. The molecule has 0 saturated carbocycles. The minimum Gasteiger partial charge on any atom is -0.298 e. The number of nitrogens with zero attached hydrogens (tertiary/aromatic N) is 2. The van der Waals surface area contributed by atoms with Gasteiger partial charge in [-0.15, -0.1) is 0 Å². The lowest BCUT2D eigenvalue weighted by Gasteiger charge is -2.45. The summed E-state index contributed by atoms with van der Waals surface area (Å²) in [6, 6.07) is 10.8. The molecule has 0 amide bonds. The predicted molar refractivity (Wildman–Crippen MR) is 94.4 cm³/mol. The lowest BCUT2D eigenvalue weighted by Crippen LogP contribution is -2.49. The van der Waals surface area contributed by atoms with Crippen molar-refractivity contribution in [2.75, 3.05) is 13.1 Å². The van der Waals surface area contributed by atoms with Crippen LogP contribution in [0.3, 0.4) is 0 Å². The normalized spacial score (nSPS) is 19.5. The van der Waals surface area contributed by atoms with Gasteiger partial charge in [-0.3, -0.25) is 9.88 Å². The van der Waals surface area contributed by atoms with Crippen LogP contribution in [0.15, 0.2) is 30.3 Å². The van der Waals surface area contributed by atoms with Crippen LogP contribution in [0.1, 0.15) is 51.8 Å². The van der Waals surface area contributed by atoms with E-state index in [9.17, 15) is 0 Å². The van der Waals surface area contributed by atoms with Gasteiger partial charge in [-0.25, -0.2) is 0 Å². The standard InChI is InChI=1S/C20H28N2/c1-15-14-18(21-17-9-7-6-8-16(15)17)20(5)10-12-22(13-11-20)19(2,3)4/h6-9,14H,10-13H2,1-5H3. The third-order valence-electron chi connectivity index (χ3n) is 5.36. The van der Waals surface area contributed by atoms with Crippen LogP contribution >= 0.6 is 0 Å². The largest absolute Gasteiger partial charge is 0.298 e. The van der Waals surface area contributed by atoms with E-state index in [1.807, 2.05) is 0 Å². The molecule has 1 aromatic heterocycles. The Balaban J connectivity index is 1.91. The number of pyridine rings is 1. The molecule has 0 atom stereocenters. The summed E-state index contributed by atoms with van der Waals surface area (Å²) < 4.78 is 0. The van der Waals surface area contributed by atoms with Gasteiger partial charge in [-0.05, 0) is 71.3 Å². The maximum Gasteiger partial charge on any atom is 0.0708 e. The molecule has 1 aliphatic heterocycles. The van der Waals surface area contributed by atoms with E-state index >= 15 is 0 Å². The van der Waals surface area contributed by atoms with Gasteiger partial charge in [0.15, 0.2) is 0 Å². The minimum absolute atomic E-state index is 0.205. The van der Waals surface area contributed by atoms with Crippen LogP contribution < -0.4 is 0 Å². The van der Waals surface area contributed by atoms with Crippen molar-refractivity contribution in [1.82, 2.24) is 9.88 Å². The number of rotatable bonds is 1. The van der Waals surface area contributed by atoms with E-state index in [1.54, 1.807) is 0 Å². The Bertz CT molecular complexity index is 674.